The summed E-state index contributed by atoms with van der Waals surface area (Å²) in [6.45, 7) is 2.06. The Morgan fingerprint density at radius 2 is 1.78 bits per heavy atom. The number of aromatic hydroxyl groups is 1. The van der Waals surface area contributed by atoms with Gasteiger partial charge in [-0.15, -0.1) is 0 Å². The topological polar surface area (TPSA) is 171 Å². The Bertz CT molecular complexity index is 1310. The highest BCUT2D eigenvalue weighted by Gasteiger charge is 2.61. The number of hydrogen-bond acceptors (Lipinski definition) is 10. The second kappa shape index (κ2) is 8.59. The van der Waals surface area contributed by atoms with Crippen LogP contribution in [-0.2, 0) is 30.3 Å². The van der Waals surface area contributed by atoms with Crippen LogP contribution in [0.15, 0.2) is 34.8 Å². The van der Waals surface area contributed by atoms with Crippen LogP contribution in [0.2, 0.25) is 0 Å². The number of phenols is 1. The Morgan fingerprint density at radius 1 is 1.11 bits per heavy atom. The molecule has 4 N–H and O–H groups in total. The molecule has 11 nitrogen and oxygen atoms in total. The summed E-state index contributed by atoms with van der Waals surface area (Å²) >= 11 is 0. The third kappa shape index (κ3) is 3.67. The lowest BCUT2D eigenvalue weighted by Crippen LogP contribution is -2.58. The molecular formula is C25H26N2O9. The van der Waals surface area contributed by atoms with Crippen LogP contribution in [0.1, 0.15) is 42.6 Å². The third-order valence-electron chi connectivity index (χ3n) is 6.89. The number of anilines is 1. The Labute approximate surface area is 206 Å². The molecule has 0 aromatic heterocycles. The van der Waals surface area contributed by atoms with Gasteiger partial charge in [0.25, 0.3) is 5.91 Å². The van der Waals surface area contributed by atoms with Crippen LogP contribution in [0.25, 0.3) is 0 Å². The number of nitrogens with one attached hydrogen (secondary N) is 1. The summed E-state index contributed by atoms with van der Waals surface area (Å²) in [6, 6.07) is 3.02. The van der Waals surface area contributed by atoms with E-state index in [0.717, 1.165) is 13.8 Å². The minimum absolute atomic E-state index is 0.0321. The molecule has 0 aliphatic heterocycles. The number of esters is 1. The van der Waals surface area contributed by atoms with Crippen molar-refractivity contribution < 1.29 is 44.0 Å². The van der Waals surface area contributed by atoms with Gasteiger partial charge in [0.1, 0.15) is 17.1 Å². The molecule has 1 aromatic carbocycles. The number of rotatable bonds is 3. The second-order valence-corrected chi connectivity index (χ2v) is 9.48. The van der Waals surface area contributed by atoms with E-state index in [0.29, 0.717) is 11.3 Å². The van der Waals surface area contributed by atoms with E-state index in [9.17, 15) is 39.3 Å². The van der Waals surface area contributed by atoms with Crippen LogP contribution in [0.5, 0.6) is 5.75 Å². The van der Waals surface area contributed by atoms with E-state index >= 15 is 0 Å². The second-order valence-electron chi connectivity index (χ2n) is 9.48. The van der Waals surface area contributed by atoms with Gasteiger partial charge in [0.2, 0.25) is 11.7 Å². The number of allylic oxidation sites excluding steroid dienone is 2. The van der Waals surface area contributed by atoms with Gasteiger partial charge >= 0.3 is 5.97 Å². The molecule has 0 heterocycles. The fourth-order valence-corrected chi connectivity index (χ4v) is 5.48. The maximum Gasteiger partial charge on any atom is 0.307 e. The number of ether oxygens (including phenoxy) is 1. The van der Waals surface area contributed by atoms with Crippen LogP contribution in [0.3, 0.4) is 0 Å². The van der Waals surface area contributed by atoms with Crippen molar-refractivity contribution in [3.63, 3.8) is 0 Å². The fraction of sp³-hybridized carbons (Fsp3) is 0.400. The molecular weight excluding hydrogens is 472 g/mol. The number of Topliss-reactive ketones (excluding diaryl/α,β-unsaturated/α-hetero) is 2. The van der Waals surface area contributed by atoms with Crippen LogP contribution in [-0.4, -0.2) is 64.4 Å². The number of carbonyl (C=O) groups is 5. The van der Waals surface area contributed by atoms with E-state index in [4.69, 9.17) is 4.74 Å². The van der Waals surface area contributed by atoms with Crippen molar-refractivity contribution >= 4 is 35.0 Å². The maximum absolute atomic E-state index is 13.8. The van der Waals surface area contributed by atoms with Gasteiger partial charge in [-0.05, 0) is 36.5 Å². The smallest absolute Gasteiger partial charge is 0.307 e. The SMILES string of the molecule is CC(=O)NC(=O)C1=C(O)C[C@@H]2C[C@@H]3Cc4c(N(C)C)ccc(O)c4C(=O)C3=C(OC(C)=O)[C@]2(O)C1=O. The number of carbonyl (C=O) groups excluding carboxylic acids is 5. The van der Waals surface area contributed by atoms with Gasteiger partial charge in [-0.2, -0.15) is 0 Å². The van der Waals surface area contributed by atoms with E-state index in [-0.39, 0.29) is 36.1 Å². The molecule has 2 amide bonds. The predicted octanol–water partition coefficient (Wildman–Crippen LogP) is 0.829. The Hall–Kier alpha value is -3.99. The zero-order chi connectivity index (χ0) is 26.7. The maximum atomic E-state index is 13.8. The van der Waals surface area contributed by atoms with Gasteiger partial charge in [0, 0.05) is 51.5 Å². The first-order chi connectivity index (χ1) is 16.8. The molecule has 11 heteroatoms. The molecule has 1 aromatic rings. The number of aliphatic hydroxyl groups excluding tert-OH is 1. The Kier molecular flexibility index (Phi) is 5.99. The summed E-state index contributed by atoms with van der Waals surface area (Å²) in [5.41, 5.74) is -2.41. The fourth-order valence-electron chi connectivity index (χ4n) is 5.48. The van der Waals surface area contributed by atoms with E-state index < -0.39 is 63.9 Å². The number of benzene rings is 1. The number of amides is 2. The Morgan fingerprint density at radius 3 is 2.36 bits per heavy atom. The lowest BCUT2D eigenvalue weighted by Gasteiger charge is -2.46. The summed E-state index contributed by atoms with van der Waals surface area (Å²) < 4.78 is 5.31. The summed E-state index contributed by atoms with van der Waals surface area (Å²) in [6.07, 6.45) is -0.0627. The summed E-state index contributed by atoms with van der Waals surface area (Å²) in [4.78, 5) is 65.0. The number of phenolic OH excluding ortho intramolecular Hbond substituents is 1. The largest absolute Gasteiger partial charge is 0.511 e. The molecule has 0 fully saturated rings. The van der Waals surface area contributed by atoms with Crippen LogP contribution in [0.4, 0.5) is 5.69 Å². The van der Waals surface area contributed by atoms with Crippen molar-refractivity contribution in [1.29, 1.82) is 0 Å². The van der Waals surface area contributed by atoms with E-state index in [1.807, 2.05) is 5.32 Å². The highest BCUT2D eigenvalue weighted by atomic mass is 16.5. The van der Waals surface area contributed by atoms with Gasteiger partial charge < -0.3 is 25.0 Å². The monoisotopic (exact) mass is 498 g/mol. The highest BCUT2D eigenvalue weighted by Crippen LogP contribution is 2.53. The van der Waals surface area contributed by atoms with Crippen molar-refractivity contribution in [2.75, 3.05) is 19.0 Å². The van der Waals surface area contributed by atoms with Crippen molar-refractivity contribution in [1.82, 2.24) is 5.32 Å². The predicted molar refractivity (Wildman–Crippen MR) is 124 cm³/mol. The number of hydrogen-bond donors (Lipinski definition) is 4. The number of aliphatic hydroxyl groups is 2. The minimum atomic E-state index is -2.63. The average molecular weight is 498 g/mol. The molecule has 0 unspecified atom stereocenters. The van der Waals surface area contributed by atoms with Crippen molar-refractivity contribution in [3.05, 3.63) is 45.9 Å². The number of fused-ring (bicyclic) bond motifs is 3. The molecule has 0 radical (unpaired) electrons. The van der Waals surface area contributed by atoms with Crippen molar-refractivity contribution in [3.8, 4) is 5.75 Å². The molecule has 0 bridgehead atoms. The summed E-state index contributed by atoms with van der Waals surface area (Å²) in [5.74, 6) is -8.13. The van der Waals surface area contributed by atoms with Gasteiger partial charge in [-0.3, -0.25) is 29.3 Å². The Balaban J connectivity index is 1.95. The first-order valence-electron chi connectivity index (χ1n) is 11.3. The highest BCUT2D eigenvalue weighted by molar-refractivity contribution is 6.27. The van der Waals surface area contributed by atoms with E-state index in [2.05, 4.69) is 0 Å². The molecule has 36 heavy (non-hydrogen) atoms. The van der Waals surface area contributed by atoms with Gasteiger partial charge in [-0.1, -0.05) is 0 Å². The molecule has 3 aliphatic carbocycles. The molecule has 190 valence electrons. The van der Waals surface area contributed by atoms with Crippen molar-refractivity contribution in [2.45, 2.75) is 38.7 Å². The molecule has 0 saturated carbocycles. The molecule has 4 rings (SSSR count). The number of imide groups is 1. The van der Waals surface area contributed by atoms with Gasteiger partial charge in [-0.25, -0.2) is 0 Å². The first kappa shape index (κ1) is 25.1. The number of nitrogens with zero attached hydrogens (tertiary/aromatic N) is 1. The van der Waals surface area contributed by atoms with Gasteiger partial charge in [0.15, 0.2) is 17.1 Å². The van der Waals surface area contributed by atoms with Crippen LogP contribution >= 0.6 is 0 Å². The van der Waals surface area contributed by atoms with E-state index in [1.165, 1.54) is 6.07 Å². The third-order valence-corrected chi connectivity index (χ3v) is 6.89. The van der Waals surface area contributed by atoms with Crippen molar-refractivity contribution in [2.24, 2.45) is 11.8 Å². The lowest BCUT2D eigenvalue weighted by atomic mass is 9.60. The zero-order valence-electron chi connectivity index (χ0n) is 20.2. The zero-order valence-corrected chi connectivity index (χ0v) is 20.2. The summed E-state index contributed by atoms with van der Waals surface area (Å²) in [7, 11) is 3.56. The van der Waals surface area contributed by atoms with Gasteiger partial charge in [0.05, 0.1) is 5.56 Å². The molecule has 0 saturated heterocycles. The lowest BCUT2D eigenvalue weighted by molar-refractivity contribution is -0.153. The first-order valence-corrected chi connectivity index (χ1v) is 11.3. The number of ketones is 2. The molecule has 3 aliphatic rings. The quantitative estimate of drug-likeness (QED) is 0.346. The molecule has 0 spiro atoms. The van der Waals surface area contributed by atoms with E-state index in [1.54, 1.807) is 25.1 Å². The summed E-state index contributed by atoms with van der Waals surface area (Å²) in [5, 5.41) is 34.7. The van der Waals surface area contributed by atoms with Crippen LogP contribution in [0, 0.1) is 11.8 Å². The normalized spacial score (nSPS) is 25.0. The minimum Gasteiger partial charge on any atom is -0.511 e. The average Bonchev–Trinajstić information content (AvgIpc) is 2.74. The standard InChI is InChI=1S/C25H26N2O9/c1-10(28)26-24(34)20-17(31)9-13-7-12-8-14-15(27(3)4)5-6-16(30)19(14)21(32)18(12)23(36-11(2)29)25(13,35)22(20)33/h5-6,12-13,30-31,35H,7-9H2,1-4H3,(H,26,28,34)/t12-,13+,25-/m1/s1. The molecule has 3 atom stereocenters. The van der Waals surface area contributed by atoms with Crippen LogP contribution < -0.4 is 10.2 Å².